The molecule has 0 fully saturated rings. The zero-order valence-corrected chi connectivity index (χ0v) is 35.0. The van der Waals surface area contributed by atoms with Gasteiger partial charge in [-0.2, -0.15) is 0 Å². The van der Waals surface area contributed by atoms with Crippen LogP contribution in [0.15, 0.2) is 217 Å². The lowest BCUT2D eigenvalue weighted by molar-refractivity contribution is 0.673. The maximum Gasteiger partial charge on any atom is 0.144 e. The molecule has 0 amide bonds. The second-order valence-electron chi connectivity index (χ2n) is 17.1. The fourth-order valence-electron chi connectivity index (χ4n) is 10.3. The minimum atomic E-state index is 0.894. The quantitative estimate of drug-likeness (QED) is 0.166. The monoisotopic (exact) mass is 825 g/mol. The summed E-state index contributed by atoms with van der Waals surface area (Å²) in [6.07, 6.45) is 0. The van der Waals surface area contributed by atoms with Crippen molar-refractivity contribution in [3.05, 3.63) is 212 Å². The smallest absolute Gasteiger partial charge is 0.144 e. The number of rotatable bonds is 4. The Hall–Kier alpha value is -8.73. The van der Waals surface area contributed by atoms with Crippen LogP contribution >= 0.6 is 0 Å². The number of furan rings is 1. The molecule has 4 heterocycles. The van der Waals surface area contributed by atoms with Crippen LogP contribution in [0.2, 0.25) is 0 Å². The Morgan fingerprint density at radius 1 is 0.292 bits per heavy atom. The molecular weight excluding hydrogens is 791 g/mol. The highest BCUT2D eigenvalue weighted by molar-refractivity contribution is 6.27. The van der Waals surface area contributed by atoms with E-state index >= 15 is 0 Å². The minimum Gasteiger partial charge on any atom is -0.455 e. The predicted octanol–water partition coefficient (Wildman–Crippen LogP) is 16.5. The molecule has 0 atom stereocenters. The topological polar surface area (TPSA) is 51.8 Å². The van der Waals surface area contributed by atoms with Gasteiger partial charge >= 0.3 is 0 Å². The summed E-state index contributed by atoms with van der Waals surface area (Å²) in [7, 11) is 0. The van der Waals surface area contributed by atoms with Gasteiger partial charge in [0, 0.05) is 54.4 Å². The number of fused-ring (bicyclic) bond motifs is 16. The first-order valence-corrected chi connectivity index (χ1v) is 22.1. The lowest BCUT2D eigenvalue weighted by Gasteiger charge is -2.14. The van der Waals surface area contributed by atoms with Crippen LogP contribution in [-0.2, 0) is 0 Å². The Morgan fingerprint density at radius 2 is 0.800 bits per heavy atom. The van der Waals surface area contributed by atoms with Crippen LogP contribution in [-0.4, -0.2) is 15.0 Å². The van der Waals surface area contributed by atoms with Crippen molar-refractivity contribution in [2.45, 2.75) is 0 Å². The average Bonchev–Trinajstić information content (AvgIpc) is 3.77. The van der Waals surface area contributed by atoms with E-state index in [-0.39, 0.29) is 0 Å². The van der Waals surface area contributed by atoms with Gasteiger partial charge in [-0.25, -0.2) is 15.0 Å². The van der Waals surface area contributed by atoms with Gasteiger partial charge in [-0.3, -0.25) is 0 Å². The molecule has 4 nitrogen and oxygen atoms in total. The molecule has 10 aromatic carbocycles. The summed E-state index contributed by atoms with van der Waals surface area (Å²) in [5.74, 6) is 0. The van der Waals surface area contributed by atoms with Gasteiger partial charge in [0.15, 0.2) is 0 Å². The lowest BCUT2D eigenvalue weighted by Crippen LogP contribution is -1.91. The molecule has 14 aromatic rings. The highest BCUT2D eigenvalue weighted by Gasteiger charge is 2.18. The van der Waals surface area contributed by atoms with E-state index in [0.717, 1.165) is 105 Å². The van der Waals surface area contributed by atoms with E-state index in [1.165, 1.54) is 37.9 Å². The molecule has 65 heavy (non-hydrogen) atoms. The van der Waals surface area contributed by atoms with Crippen LogP contribution < -0.4 is 0 Å². The van der Waals surface area contributed by atoms with Crippen LogP contribution in [0.25, 0.3) is 143 Å². The molecule has 0 saturated heterocycles. The highest BCUT2D eigenvalue weighted by Crippen LogP contribution is 2.42. The Morgan fingerprint density at radius 3 is 1.52 bits per heavy atom. The number of hydrogen-bond donors (Lipinski definition) is 0. The maximum absolute atomic E-state index is 6.57. The molecule has 4 aromatic heterocycles. The van der Waals surface area contributed by atoms with E-state index in [0.29, 0.717) is 0 Å². The van der Waals surface area contributed by atoms with Crippen molar-refractivity contribution < 1.29 is 4.42 Å². The molecule has 0 radical (unpaired) electrons. The third-order valence-electron chi connectivity index (χ3n) is 13.4. The van der Waals surface area contributed by atoms with Gasteiger partial charge in [-0.05, 0) is 85.9 Å². The fourth-order valence-corrected chi connectivity index (χ4v) is 10.3. The van der Waals surface area contributed by atoms with E-state index in [1.54, 1.807) is 0 Å². The van der Waals surface area contributed by atoms with Crippen LogP contribution in [0.3, 0.4) is 0 Å². The van der Waals surface area contributed by atoms with Gasteiger partial charge in [-0.15, -0.1) is 0 Å². The van der Waals surface area contributed by atoms with E-state index < -0.39 is 0 Å². The Kier molecular flexibility index (Phi) is 7.65. The normalized spacial score (nSPS) is 12.0. The number of pyridine rings is 3. The van der Waals surface area contributed by atoms with Gasteiger partial charge in [0.05, 0.1) is 33.6 Å². The van der Waals surface area contributed by atoms with E-state index in [4.69, 9.17) is 19.4 Å². The lowest BCUT2D eigenvalue weighted by atomic mass is 9.90. The van der Waals surface area contributed by atoms with Crippen molar-refractivity contribution in [1.82, 2.24) is 15.0 Å². The Labute approximate surface area is 372 Å². The maximum atomic E-state index is 6.57. The Balaban J connectivity index is 0.866. The summed E-state index contributed by atoms with van der Waals surface area (Å²) in [5.41, 5.74) is 12.9. The summed E-state index contributed by atoms with van der Waals surface area (Å²) in [6.45, 7) is 0. The van der Waals surface area contributed by atoms with Crippen molar-refractivity contribution in [2.24, 2.45) is 0 Å². The molecule has 300 valence electrons. The molecule has 0 aliphatic rings. The van der Waals surface area contributed by atoms with Crippen molar-refractivity contribution in [3.8, 4) is 44.9 Å². The zero-order chi connectivity index (χ0) is 42.6. The second kappa shape index (κ2) is 13.9. The van der Waals surface area contributed by atoms with Crippen molar-refractivity contribution >= 4 is 97.7 Å². The van der Waals surface area contributed by atoms with Gasteiger partial charge in [0.1, 0.15) is 11.2 Å². The number of para-hydroxylation sites is 2. The molecule has 0 aliphatic heterocycles. The number of benzene rings is 10. The summed E-state index contributed by atoms with van der Waals surface area (Å²) in [4.78, 5) is 15.7. The molecule has 0 N–H and O–H groups in total. The van der Waals surface area contributed by atoms with E-state index in [1.807, 2.05) is 18.2 Å². The summed E-state index contributed by atoms with van der Waals surface area (Å²) < 4.78 is 6.57. The SMILES string of the molecule is c1ccc(-c2ccc3ccc4ccc(-c5ccc6c7ccc(-c8ccc(-c9nc%10ccccc%10c%10c9ccc9c%11ccccc%11oc9%10)cc8)cc7c7ccccc7c6c5)nc4c3n2)cc1. The summed E-state index contributed by atoms with van der Waals surface area (Å²) in [5, 5.41) is 15.0. The van der Waals surface area contributed by atoms with E-state index in [9.17, 15) is 0 Å². The first-order valence-electron chi connectivity index (χ1n) is 22.1. The van der Waals surface area contributed by atoms with Gasteiger partial charge < -0.3 is 4.42 Å². The second-order valence-corrected chi connectivity index (χ2v) is 17.1. The van der Waals surface area contributed by atoms with Crippen molar-refractivity contribution in [1.29, 1.82) is 0 Å². The minimum absolute atomic E-state index is 0.894. The summed E-state index contributed by atoms with van der Waals surface area (Å²) >= 11 is 0. The molecule has 0 unspecified atom stereocenters. The first-order chi connectivity index (χ1) is 32.2. The fraction of sp³-hybridized carbons (Fsp3) is 0. The standard InChI is InChI=1S/C61H35N3O/c1-2-10-37(11-3-1)53-32-26-39-22-23-40-27-33-54(63-60(40)59(39)62-53)42-25-29-46-45-28-24-41(34-51(45)43-12-4-5-13-44(43)52(46)35-42)36-18-20-38(21-19-36)58-50-31-30-48-47-14-7-9-17-56(47)65-61(48)57(50)49-15-6-8-16-55(49)64-58/h1-35H. The largest absolute Gasteiger partial charge is 0.455 e. The van der Waals surface area contributed by atoms with Crippen molar-refractivity contribution in [2.75, 3.05) is 0 Å². The third-order valence-corrected chi connectivity index (χ3v) is 13.4. The predicted molar refractivity (Wildman–Crippen MR) is 271 cm³/mol. The first kappa shape index (κ1) is 35.8. The molecular formula is C61H35N3O. The summed E-state index contributed by atoms with van der Waals surface area (Å²) in [6, 6.07) is 75.6. The van der Waals surface area contributed by atoms with Gasteiger partial charge in [-0.1, -0.05) is 170 Å². The highest BCUT2D eigenvalue weighted by atomic mass is 16.3. The van der Waals surface area contributed by atoms with Gasteiger partial charge in [0.25, 0.3) is 0 Å². The number of hydrogen-bond acceptors (Lipinski definition) is 4. The number of aromatic nitrogens is 3. The van der Waals surface area contributed by atoms with Gasteiger partial charge in [0.2, 0.25) is 0 Å². The molecule has 0 aliphatic carbocycles. The van der Waals surface area contributed by atoms with Crippen LogP contribution in [0.1, 0.15) is 0 Å². The van der Waals surface area contributed by atoms with Crippen LogP contribution in [0.5, 0.6) is 0 Å². The Bertz CT molecular complexity index is 4270. The molecule has 14 rings (SSSR count). The zero-order valence-electron chi connectivity index (χ0n) is 35.0. The molecule has 0 bridgehead atoms. The van der Waals surface area contributed by atoms with Crippen molar-refractivity contribution in [3.63, 3.8) is 0 Å². The van der Waals surface area contributed by atoms with E-state index in [2.05, 4.69) is 194 Å². The average molecular weight is 826 g/mol. The van der Waals surface area contributed by atoms with Crippen LogP contribution in [0, 0.1) is 0 Å². The van der Waals surface area contributed by atoms with Crippen LogP contribution in [0.4, 0.5) is 0 Å². The third kappa shape index (κ3) is 5.54. The molecule has 4 heteroatoms. The molecule has 0 saturated carbocycles. The molecule has 0 spiro atoms. The number of nitrogens with zero attached hydrogens (tertiary/aromatic N) is 3.